The lowest BCUT2D eigenvalue weighted by Crippen LogP contribution is -2.15. The third-order valence-electron chi connectivity index (χ3n) is 3.46. The van der Waals surface area contributed by atoms with Gasteiger partial charge in [-0.25, -0.2) is 0 Å². The summed E-state index contributed by atoms with van der Waals surface area (Å²) in [6.45, 7) is 6.19. The number of nitrogens with one attached hydrogen (secondary N) is 1. The molecule has 1 unspecified atom stereocenters. The van der Waals surface area contributed by atoms with E-state index in [9.17, 15) is 0 Å². The van der Waals surface area contributed by atoms with Crippen molar-refractivity contribution in [3.8, 4) is 5.75 Å². The molecule has 1 aliphatic rings. The molecule has 2 rings (SSSR count). The molecule has 1 aromatic carbocycles. The number of hydrogen-bond donors (Lipinski definition) is 1. The van der Waals surface area contributed by atoms with Crippen LogP contribution in [0.5, 0.6) is 5.75 Å². The van der Waals surface area contributed by atoms with Crippen LogP contribution in [-0.2, 0) is 22.6 Å². The maximum atomic E-state index is 5.89. The fourth-order valence-electron chi connectivity index (χ4n) is 2.32. The van der Waals surface area contributed by atoms with Gasteiger partial charge in [0.2, 0.25) is 0 Å². The molecule has 1 saturated heterocycles. The smallest absolute Gasteiger partial charge is 0.124 e. The van der Waals surface area contributed by atoms with Crippen molar-refractivity contribution in [2.45, 2.75) is 39.0 Å². The zero-order valence-electron chi connectivity index (χ0n) is 12.5. The summed E-state index contributed by atoms with van der Waals surface area (Å²) in [7, 11) is 1.70. The van der Waals surface area contributed by atoms with Crippen LogP contribution >= 0.6 is 0 Å². The van der Waals surface area contributed by atoms with E-state index < -0.39 is 0 Å². The van der Waals surface area contributed by atoms with Gasteiger partial charge in [0.05, 0.1) is 26.4 Å². The van der Waals surface area contributed by atoms with Gasteiger partial charge in [-0.15, -0.1) is 0 Å². The first kappa shape index (κ1) is 15.3. The average Bonchev–Trinajstić information content (AvgIpc) is 2.99. The van der Waals surface area contributed by atoms with E-state index >= 15 is 0 Å². The minimum absolute atomic E-state index is 0.224. The molecule has 0 aliphatic carbocycles. The van der Waals surface area contributed by atoms with Crippen molar-refractivity contribution in [3.63, 3.8) is 0 Å². The van der Waals surface area contributed by atoms with E-state index in [1.807, 2.05) is 6.07 Å². The zero-order valence-corrected chi connectivity index (χ0v) is 12.5. The summed E-state index contributed by atoms with van der Waals surface area (Å²) in [6, 6.07) is 6.29. The standard InChI is InChI=1S/C16H25NO3/c1-3-7-17-10-13-4-5-16(18-2)14(9-13)11-20-15-6-8-19-12-15/h4-5,9,15,17H,3,6-8,10-12H2,1-2H3. The first-order chi connectivity index (χ1) is 9.83. The molecular formula is C16H25NO3. The number of ether oxygens (including phenoxy) is 3. The van der Waals surface area contributed by atoms with Crippen LogP contribution in [0.4, 0.5) is 0 Å². The van der Waals surface area contributed by atoms with E-state index in [4.69, 9.17) is 14.2 Å². The molecule has 1 atom stereocenters. The molecule has 112 valence electrons. The summed E-state index contributed by atoms with van der Waals surface area (Å²) in [4.78, 5) is 0. The second-order valence-electron chi connectivity index (χ2n) is 5.12. The summed E-state index contributed by atoms with van der Waals surface area (Å²) >= 11 is 0. The highest BCUT2D eigenvalue weighted by Gasteiger charge is 2.16. The number of hydrogen-bond acceptors (Lipinski definition) is 4. The number of rotatable bonds is 8. The Bertz CT molecular complexity index is 403. The van der Waals surface area contributed by atoms with Crippen molar-refractivity contribution in [3.05, 3.63) is 29.3 Å². The Morgan fingerprint density at radius 2 is 2.30 bits per heavy atom. The lowest BCUT2D eigenvalue weighted by Gasteiger charge is -2.14. The van der Waals surface area contributed by atoms with Gasteiger partial charge < -0.3 is 19.5 Å². The highest BCUT2D eigenvalue weighted by Crippen LogP contribution is 2.22. The molecular weight excluding hydrogens is 254 g/mol. The van der Waals surface area contributed by atoms with Crippen molar-refractivity contribution >= 4 is 0 Å². The Morgan fingerprint density at radius 1 is 1.40 bits per heavy atom. The van der Waals surface area contributed by atoms with Crippen molar-refractivity contribution < 1.29 is 14.2 Å². The molecule has 1 N–H and O–H groups in total. The van der Waals surface area contributed by atoms with E-state index in [-0.39, 0.29) is 6.10 Å². The average molecular weight is 279 g/mol. The monoisotopic (exact) mass is 279 g/mol. The Kier molecular flexibility index (Phi) is 6.30. The van der Waals surface area contributed by atoms with Crippen LogP contribution in [0.15, 0.2) is 18.2 Å². The highest BCUT2D eigenvalue weighted by atomic mass is 16.5. The van der Waals surface area contributed by atoms with Crippen LogP contribution in [0.25, 0.3) is 0 Å². The lowest BCUT2D eigenvalue weighted by molar-refractivity contribution is 0.0308. The topological polar surface area (TPSA) is 39.7 Å². The minimum Gasteiger partial charge on any atom is -0.496 e. The molecule has 1 aromatic rings. The Balaban J connectivity index is 1.94. The van der Waals surface area contributed by atoms with Crippen LogP contribution in [0.2, 0.25) is 0 Å². The van der Waals surface area contributed by atoms with Gasteiger partial charge in [-0.05, 0) is 37.1 Å². The van der Waals surface area contributed by atoms with Gasteiger partial charge >= 0.3 is 0 Å². The Labute approximate surface area is 121 Å². The summed E-state index contributed by atoms with van der Waals surface area (Å²) < 4.78 is 16.6. The second-order valence-corrected chi connectivity index (χ2v) is 5.12. The molecule has 0 saturated carbocycles. The van der Waals surface area contributed by atoms with Gasteiger partial charge in [0, 0.05) is 18.7 Å². The zero-order chi connectivity index (χ0) is 14.2. The molecule has 0 radical (unpaired) electrons. The van der Waals surface area contributed by atoms with Gasteiger partial charge in [-0.3, -0.25) is 0 Å². The molecule has 0 spiro atoms. The quantitative estimate of drug-likeness (QED) is 0.742. The third-order valence-corrected chi connectivity index (χ3v) is 3.46. The SMILES string of the molecule is CCCNCc1ccc(OC)c(COC2CCOC2)c1. The van der Waals surface area contributed by atoms with Crippen LogP contribution in [0.3, 0.4) is 0 Å². The number of benzene rings is 1. The fourth-order valence-corrected chi connectivity index (χ4v) is 2.32. The van der Waals surface area contributed by atoms with Crippen molar-refractivity contribution in [1.82, 2.24) is 5.32 Å². The summed E-state index contributed by atoms with van der Waals surface area (Å²) in [6.07, 6.45) is 2.36. The third kappa shape index (κ3) is 4.47. The van der Waals surface area contributed by atoms with Crippen molar-refractivity contribution in [2.24, 2.45) is 0 Å². The molecule has 4 nitrogen and oxygen atoms in total. The van der Waals surface area contributed by atoms with E-state index in [1.165, 1.54) is 5.56 Å². The summed E-state index contributed by atoms with van der Waals surface area (Å²) in [5.41, 5.74) is 2.37. The maximum absolute atomic E-state index is 5.89. The van der Waals surface area contributed by atoms with Crippen molar-refractivity contribution in [1.29, 1.82) is 0 Å². The number of methoxy groups -OCH3 is 1. The predicted octanol–water partition coefficient (Wildman–Crippen LogP) is 2.50. The molecule has 1 heterocycles. The molecule has 1 aliphatic heterocycles. The second kappa shape index (κ2) is 8.25. The first-order valence-electron chi connectivity index (χ1n) is 7.39. The van der Waals surface area contributed by atoms with Crippen molar-refractivity contribution in [2.75, 3.05) is 26.9 Å². The van der Waals surface area contributed by atoms with E-state index in [1.54, 1.807) is 7.11 Å². The fraction of sp³-hybridized carbons (Fsp3) is 0.625. The van der Waals surface area contributed by atoms with E-state index in [0.717, 1.165) is 43.9 Å². The summed E-state index contributed by atoms with van der Waals surface area (Å²) in [5, 5.41) is 3.41. The normalized spacial score (nSPS) is 18.4. The Morgan fingerprint density at radius 3 is 3.00 bits per heavy atom. The van der Waals surface area contributed by atoms with Crippen LogP contribution in [0.1, 0.15) is 30.9 Å². The molecule has 0 bridgehead atoms. The van der Waals surface area contributed by atoms with Crippen LogP contribution in [0, 0.1) is 0 Å². The van der Waals surface area contributed by atoms with Gasteiger partial charge in [0.15, 0.2) is 0 Å². The maximum Gasteiger partial charge on any atom is 0.124 e. The van der Waals surface area contributed by atoms with E-state index in [0.29, 0.717) is 13.2 Å². The molecule has 0 aromatic heterocycles. The lowest BCUT2D eigenvalue weighted by atomic mass is 10.1. The predicted molar refractivity (Wildman–Crippen MR) is 79.0 cm³/mol. The van der Waals surface area contributed by atoms with Crippen LogP contribution < -0.4 is 10.1 Å². The largest absolute Gasteiger partial charge is 0.496 e. The van der Waals surface area contributed by atoms with Gasteiger partial charge in [-0.1, -0.05) is 13.0 Å². The van der Waals surface area contributed by atoms with Gasteiger partial charge in [0.25, 0.3) is 0 Å². The first-order valence-corrected chi connectivity index (χ1v) is 7.39. The summed E-state index contributed by atoms with van der Waals surface area (Å²) in [5.74, 6) is 0.892. The molecule has 4 heteroatoms. The highest BCUT2D eigenvalue weighted by molar-refractivity contribution is 5.36. The Hall–Kier alpha value is -1.10. The molecule has 0 amide bonds. The molecule has 20 heavy (non-hydrogen) atoms. The van der Waals surface area contributed by atoms with Crippen LogP contribution in [-0.4, -0.2) is 33.0 Å². The van der Waals surface area contributed by atoms with Gasteiger partial charge in [0.1, 0.15) is 5.75 Å². The van der Waals surface area contributed by atoms with E-state index in [2.05, 4.69) is 24.4 Å². The van der Waals surface area contributed by atoms with Gasteiger partial charge in [-0.2, -0.15) is 0 Å². The molecule has 1 fully saturated rings. The minimum atomic E-state index is 0.224.